The van der Waals surface area contributed by atoms with Crippen LogP contribution in [0.3, 0.4) is 0 Å². The molecular formula is C44H32N2O2S2. The first kappa shape index (κ1) is 30.6. The summed E-state index contributed by atoms with van der Waals surface area (Å²) in [7, 11) is 0. The maximum absolute atomic E-state index is 10.8. The topological polar surface area (TPSA) is 55.0 Å². The van der Waals surface area contributed by atoms with E-state index in [9.17, 15) is 10.1 Å². The van der Waals surface area contributed by atoms with Crippen LogP contribution in [0.2, 0.25) is 0 Å². The fourth-order valence-corrected chi connectivity index (χ4v) is 10.1. The number of nitriles is 1. The van der Waals surface area contributed by atoms with Crippen molar-refractivity contribution in [1.82, 2.24) is 4.57 Å². The van der Waals surface area contributed by atoms with Gasteiger partial charge < -0.3 is 9.30 Å². The molecule has 50 heavy (non-hydrogen) atoms. The minimum absolute atomic E-state index is 0.0174. The van der Waals surface area contributed by atoms with Gasteiger partial charge in [0.25, 0.3) is 6.47 Å². The number of nitrogens with zero attached hydrogens (tertiary/aromatic N) is 2. The van der Waals surface area contributed by atoms with Gasteiger partial charge in [0.05, 0.1) is 11.2 Å². The van der Waals surface area contributed by atoms with Gasteiger partial charge in [0.1, 0.15) is 6.07 Å². The quantitative estimate of drug-likeness (QED) is 0.0954. The van der Waals surface area contributed by atoms with Crippen LogP contribution in [0.4, 0.5) is 0 Å². The molecule has 0 aliphatic heterocycles. The summed E-state index contributed by atoms with van der Waals surface area (Å²) < 4.78 is 7.33. The molecule has 9 rings (SSSR count). The Kier molecular flexibility index (Phi) is 7.24. The molecule has 0 spiro atoms. The number of allylic oxidation sites excluding steroid dienone is 1. The molecule has 7 aromatic rings. The Bertz CT molecular complexity index is 2560. The Labute approximate surface area is 299 Å². The lowest BCUT2D eigenvalue weighted by Gasteiger charge is -2.22. The first-order chi connectivity index (χ1) is 24.4. The van der Waals surface area contributed by atoms with E-state index < -0.39 is 0 Å². The minimum Gasteiger partial charge on any atom is -0.417 e. The molecule has 2 aliphatic rings. The largest absolute Gasteiger partial charge is 0.417 e. The summed E-state index contributed by atoms with van der Waals surface area (Å²) in [5.41, 5.74) is 14.4. The van der Waals surface area contributed by atoms with Crippen LogP contribution in [0, 0.1) is 11.3 Å². The van der Waals surface area contributed by atoms with Gasteiger partial charge in [-0.05, 0) is 112 Å². The average molecular weight is 685 g/mol. The summed E-state index contributed by atoms with van der Waals surface area (Å²) in [4.78, 5) is 15.1. The molecule has 2 aliphatic carbocycles. The number of rotatable bonds is 7. The van der Waals surface area contributed by atoms with Crippen molar-refractivity contribution in [1.29, 1.82) is 5.26 Å². The third kappa shape index (κ3) is 4.80. The van der Waals surface area contributed by atoms with E-state index >= 15 is 0 Å². The molecule has 3 aromatic heterocycles. The van der Waals surface area contributed by atoms with Crippen LogP contribution in [-0.4, -0.2) is 11.0 Å². The number of aryl methyl sites for hydroxylation is 2. The zero-order valence-electron chi connectivity index (χ0n) is 27.7. The molecule has 0 unspecified atom stereocenters. The van der Waals surface area contributed by atoms with Crippen molar-refractivity contribution < 1.29 is 9.53 Å². The Balaban J connectivity index is 1.21. The van der Waals surface area contributed by atoms with Crippen LogP contribution in [-0.2, 0) is 27.8 Å². The van der Waals surface area contributed by atoms with E-state index in [0.717, 1.165) is 33.9 Å². The average Bonchev–Trinajstić information content (AvgIpc) is 3.93. The van der Waals surface area contributed by atoms with Crippen LogP contribution in [0.5, 0.6) is 0 Å². The van der Waals surface area contributed by atoms with Gasteiger partial charge in [-0.3, -0.25) is 4.79 Å². The van der Waals surface area contributed by atoms with Gasteiger partial charge in [-0.25, -0.2) is 0 Å². The van der Waals surface area contributed by atoms with Gasteiger partial charge in [0.2, 0.25) is 5.76 Å². The van der Waals surface area contributed by atoms with Gasteiger partial charge in [-0.15, -0.1) is 22.7 Å². The molecule has 0 saturated heterocycles. The van der Waals surface area contributed by atoms with Gasteiger partial charge >= 0.3 is 0 Å². The van der Waals surface area contributed by atoms with Crippen LogP contribution in [0.15, 0.2) is 115 Å². The van der Waals surface area contributed by atoms with Crippen molar-refractivity contribution in [3.05, 3.63) is 142 Å². The number of carbonyl (C=O) groups excluding carboxylic acids is 1. The van der Waals surface area contributed by atoms with Crippen molar-refractivity contribution in [2.24, 2.45) is 0 Å². The Morgan fingerprint density at radius 3 is 2.40 bits per heavy atom. The van der Waals surface area contributed by atoms with Crippen molar-refractivity contribution in [3.63, 3.8) is 0 Å². The fraction of sp³-hybridized carbons (Fsp3) is 0.136. The molecule has 0 radical (unpaired) electrons. The lowest BCUT2D eigenvalue weighted by Crippen LogP contribution is -2.15. The normalized spacial score (nSPS) is 14.3. The summed E-state index contributed by atoms with van der Waals surface area (Å²) in [5, 5.41) is 10.7. The van der Waals surface area contributed by atoms with Crippen molar-refractivity contribution in [2.75, 3.05) is 0 Å². The number of hydrogen-bond donors (Lipinski definition) is 0. The number of hydrogen-bond acceptors (Lipinski definition) is 5. The zero-order chi connectivity index (χ0) is 34.0. The van der Waals surface area contributed by atoms with Gasteiger partial charge in [0.15, 0.2) is 0 Å². The van der Waals surface area contributed by atoms with Crippen LogP contribution < -0.4 is 0 Å². The first-order valence-corrected chi connectivity index (χ1v) is 18.5. The maximum atomic E-state index is 10.8. The molecule has 4 nitrogen and oxygen atoms in total. The second-order valence-electron chi connectivity index (χ2n) is 13.5. The first-order valence-electron chi connectivity index (χ1n) is 16.9. The molecule has 3 heterocycles. The predicted molar refractivity (Wildman–Crippen MR) is 206 cm³/mol. The molecule has 242 valence electrons. The molecule has 4 aromatic carbocycles. The van der Waals surface area contributed by atoms with Crippen molar-refractivity contribution in [3.8, 4) is 54.3 Å². The molecule has 0 bridgehead atoms. The predicted octanol–water partition coefficient (Wildman–Crippen LogP) is 11.6. The Morgan fingerprint density at radius 1 is 0.800 bits per heavy atom. The number of fused-ring (bicyclic) bond motifs is 3. The maximum Gasteiger partial charge on any atom is 0.299 e. The smallest absolute Gasteiger partial charge is 0.299 e. The van der Waals surface area contributed by atoms with E-state index in [1.54, 1.807) is 28.7 Å². The number of carbonyl (C=O) groups is 1. The fourth-order valence-electron chi connectivity index (χ4n) is 8.08. The molecule has 0 amide bonds. The number of benzene rings is 4. The Hall–Kier alpha value is -5.48. The van der Waals surface area contributed by atoms with Crippen molar-refractivity contribution >= 4 is 46.1 Å². The highest BCUT2D eigenvalue weighted by Gasteiger charge is 2.36. The summed E-state index contributed by atoms with van der Waals surface area (Å²) >= 11 is 3.35. The second-order valence-corrected chi connectivity index (χ2v) is 15.7. The summed E-state index contributed by atoms with van der Waals surface area (Å²) in [6.45, 7) is 4.99. The lowest BCUT2D eigenvalue weighted by molar-refractivity contribution is -0.124. The molecular weight excluding hydrogens is 653 g/mol. The third-order valence-corrected chi connectivity index (χ3v) is 12.7. The zero-order valence-corrected chi connectivity index (χ0v) is 29.3. The molecule has 6 heteroatoms. The highest BCUT2D eigenvalue weighted by atomic mass is 32.1. The van der Waals surface area contributed by atoms with E-state index in [-0.39, 0.29) is 17.6 Å². The van der Waals surface area contributed by atoms with E-state index in [1.807, 2.05) is 12.1 Å². The standard InChI is InChI=1S/C44H32N2O2S2/c1-44(2)36-14-7-6-12-33(36)34-17-15-30(23-37(34)44)46-38-22-29(21-28-11-8-13-35(42(28)38)43(46)27-9-4-3-5-10-27)39-19-20-41(50-39)40-18-16-32(49-40)24-31(25-45)48-26-47/h3-7,9-10,12,14-24,26H,8,11,13H2,1-2H3/b31-24+. The minimum atomic E-state index is -0.0899. The van der Waals surface area contributed by atoms with Crippen LogP contribution >= 0.6 is 22.7 Å². The summed E-state index contributed by atoms with van der Waals surface area (Å²) in [6.07, 6.45) is 4.85. The summed E-state index contributed by atoms with van der Waals surface area (Å²) in [5.74, 6) is -0.0174. The van der Waals surface area contributed by atoms with Gasteiger partial charge in [-0.1, -0.05) is 74.5 Å². The monoisotopic (exact) mass is 684 g/mol. The van der Waals surface area contributed by atoms with Gasteiger partial charge in [0, 0.05) is 42.1 Å². The molecule has 0 atom stereocenters. The van der Waals surface area contributed by atoms with E-state index in [1.165, 1.54) is 71.7 Å². The number of thiophene rings is 2. The molecule has 0 fully saturated rings. The Morgan fingerprint density at radius 2 is 1.56 bits per heavy atom. The molecule has 0 N–H and O–H groups in total. The van der Waals surface area contributed by atoms with E-state index in [2.05, 4.69) is 122 Å². The molecule has 0 saturated carbocycles. The highest BCUT2D eigenvalue weighted by Crippen LogP contribution is 2.50. The second kappa shape index (κ2) is 11.8. The van der Waals surface area contributed by atoms with Crippen LogP contribution in [0.1, 0.15) is 47.4 Å². The summed E-state index contributed by atoms with van der Waals surface area (Å²) in [6, 6.07) is 42.0. The number of aromatic nitrogens is 1. The SMILES string of the molecule is CC1(C)c2ccccc2-c2ccc(-n3c(-c4ccccc4)c4c5c(cc(-c6ccc(-c7ccc(/C=C(\C#N)OC=O)s7)s6)cc53)CCC4)cc21. The highest BCUT2D eigenvalue weighted by molar-refractivity contribution is 7.24. The lowest BCUT2D eigenvalue weighted by atomic mass is 9.82. The van der Waals surface area contributed by atoms with Crippen LogP contribution in [0.25, 0.3) is 65.2 Å². The van der Waals surface area contributed by atoms with Crippen molar-refractivity contribution in [2.45, 2.75) is 38.5 Å². The number of ether oxygens (including phenoxy) is 1. The van der Waals surface area contributed by atoms with E-state index in [0.29, 0.717) is 0 Å². The van der Waals surface area contributed by atoms with Gasteiger partial charge in [-0.2, -0.15) is 5.26 Å². The third-order valence-electron chi connectivity index (χ3n) is 10.3. The van der Waals surface area contributed by atoms with E-state index in [4.69, 9.17) is 4.74 Å².